The lowest BCUT2D eigenvalue weighted by atomic mass is 9.89. The summed E-state index contributed by atoms with van der Waals surface area (Å²) in [4.78, 5) is 47.7. The molecular weight excluding hydrogens is 554 g/mol. The lowest BCUT2D eigenvalue weighted by Crippen LogP contribution is -2.61. The van der Waals surface area contributed by atoms with E-state index in [1.165, 1.54) is 27.9 Å². The third-order valence-corrected chi connectivity index (χ3v) is 7.69. The first-order valence-corrected chi connectivity index (χ1v) is 15.2. The van der Waals surface area contributed by atoms with Gasteiger partial charge in [0.1, 0.15) is 19.8 Å². The fourth-order valence-corrected chi connectivity index (χ4v) is 5.66. The minimum atomic E-state index is -5.21. The Kier molecular flexibility index (Phi) is 11.9. The van der Waals surface area contributed by atoms with E-state index >= 15 is 0 Å². The number of rotatable bonds is 11. The van der Waals surface area contributed by atoms with E-state index in [0.29, 0.717) is 0 Å². The number of hydrogen-bond acceptors (Lipinski definition) is 14. The third kappa shape index (κ3) is 9.29. The molecule has 2 heterocycles. The van der Waals surface area contributed by atoms with Gasteiger partial charge in [-0.25, -0.2) is 0 Å². The van der Waals surface area contributed by atoms with E-state index in [4.69, 9.17) is 27.8 Å². The maximum Gasteiger partial charge on any atom is 0.270 e. The second-order valence-electron chi connectivity index (χ2n) is 9.42. The number of nitrogens with one attached hydrogen (secondary N) is 2. The molecule has 0 bridgehead atoms. The predicted molar refractivity (Wildman–Crippen MR) is 124 cm³/mol. The van der Waals surface area contributed by atoms with E-state index in [2.05, 4.69) is 10.6 Å². The highest BCUT2D eigenvalue weighted by molar-refractivity contribution is 7.50. The maximum atomic E-state index is 12.7. The van der Waals surface area contributed by atoms with Crippen molar-refractivity contribution in [1.29, 1.82) is 0 Å². The monoisotopic (exact) mass is 590 g/mol. The largest absolute Gasteiger partial charge is 0.779 e. The molecule has 2 saturated heterocycles. The van der Waals surface area contributed by atoms with Crippen molar-refractivity contribution in [2.24, 2.45) is 11.8 Å². The van der Waals surface area contributed by atoms with Crippen LogP contribution in [0.25, 0.3) is 0 Å². The van der Waals surface area contributed by atoms with E-state index in [0.717, 1.165) is 6.66 Å². The summed E-state index contributed by atoms with van der Waals surface area (Å²) >= 11 is 0. The van der Waals surface area contributed by atoms with Crippen LogP contribution in [0.1, 0.15) is 27.7 Å². The van der Waals surface area contributed by atoms with Crippen LogP contribution in [-0.2, 0) is 46.5 Å². The van der Waals surface area contributed by atoms with Crippen LogP contribution in [0.2, 0.25) is 0 Å². The van der Waals surface area contributed by atoms with Gasteiger partial charge in [0.05, 0.1) is 37.5 Å². The van der Waals surface area contributed by atoms with Crippen molar-refractivity contribution in [3.63, 3.8) is 0 Å². The topological polar surface area (TPSA) is 234 Å². The second-order valence-corrected chi connectivity index (χ2v) is 12.5. The number of methoxy groups -OCH3 is 1. The minimum absolute atomic E-state index is 0.0972. The van der Waals surface area contributed by atoms with Crippen molar-refractivity contribution in [2.75, 3.05) is 27.0 Å². The summed E-state index contributed by atoms with van der Waals surface area (Å²) in [6, 6.07) is -2.15. The zero-order valence-corrected chi connectivity index (χ0v) is 23.7. The van der Waals surface area contributed by atoms with E-state index in [9.17, 15) is 38.7 Å². The Labute approximate surface area is 220 Å². The van der Waals surface area contributed by atoms with Crippen LogP contribution in [0.4, 0.5) is 0 Å². The molecule has 2 rings (SSSR count). The van der Waals surface area contributed by atoms with Gasteiger partial charge in [-0.1, -0.05) is 13.8 Å². The lowest BCUT2D eigenvalue weighted by molar-refractivity contribution is -0.284. The molecule has 0 aromatic rings. The van der Waals surface area contributed by atoms with Gasteiger partial charge in [0.15, 0.2) is 12.6 Å². The molecule has 0 aliphatic carbocycles. The number of amides is 2. The van der Waals surface area contributed by atoms with Gasteiger partial charge in [-0.15, -0.1) is 0 Å². The van der Waals surface area contributed by atoms with Crippen LogP contribution in [0.3, 0.4) is 0 Å². The number of hydrogen-bond donors (Lipinski definition) is 4. The standard InChI is InChI=1S/C20H38N2O14P2/c1-9-15(21-11(3)23)19(35-37(6,27)28)34-14(18(9)26)8-32-38(29,30)36-20-16(22-12(4)24)10(2)17(25)13(33-20)7-31-5/h9-10,13-20,25-26H,7-8H2,1-6H3,(H,21,23)(H,22,24)(H,27,28)(H,29,30)/p-2/t9-,10-,13?,14?,15?,16?,17+,18+,19-,20-/m1/s1. The van der Waals surface area contributed by atoms with Gasteiger partial charge in [0, 0.05) is 39.5 Å². The zero-order chi connectivity index (χ0) is 29.0. The molecule has 2 aliphatic heterocycles. The number of ether oxygens (including phenoxy) is 3. The molecule has 0 spiro atoms. The van der Waals surface area contributed by atoms with Crippen molar-refractivity contribution >= 4 is 27.2 Å². The van der Waals surface area contributed by atoms with Gasteiger partial charge in [-0.05, 0) is 0 Å². The summed E-state index contributed by atoms with van der Waals surface area (Å²) in [6.07, 6.45) is -8.07. The van der Waals surface area contributed by atoms with Crippen LogP contribution in [0.5, 0.6) is 0 Å². The normalized spacial score (nSPS) is 39.0. The Morgan fingerprint density at radius 2 is 1.29 bits per heavy atom. The SMILES string of the molecule is COCC1O[C@H](OP(=O)([O-])OCC2O[C@H](OP(C)(=O)[O-])C(NC(C)=O)[C@@H](C)[C@@H]2O)C(NC(C)=O)[C@@H](C)[C@@H]1O. The number of phosphoric ester groups is 1. The number of carbonyl (C=O) groups is 2. The molecule has 0 saturated carbocycles. The Bertz CT molecular complexity index is 918. The molecule has 0 aromatic carbocycles. The van der Waals surface area contributed by atoms with E-state index in [1.54, 1.807) is 6.92 Å². The van der Waals surface area contributed by atoms with Crippen molar-refractivity contribution in [1.82, 2.24) is 10.6 Å². The van der Waals surface area contributed by atoms with Gasteiger partial charge < -0.3 is 58.5 Å². The highest BCUT2D eigenvalue weighted by Gasteiger charge is 2.47. The van der Waals surface area contributed by atoms with Gasteiger partial charge in [-0.2, -0.15) is 0 Å². The van der Waals surface area contributed by atoms with Crippen LogP contribution in [0.15, 0.2) is 0 Å². The minimum Gasteiger partial charge on any atom is -0.779 e. The van der Waals surface area contributed by atoms with E-state index in [-0.39, 0.29) is 6.61 Å². The molecule has 222 valence electrons. The fourth-order valence-electron chi connectivity index (χ4n) is 4.27. The van der Waals surface area contributed by atoms with Crippen LogP contribution < -0.4 is 20.4 Å². The van der Waals surface area contributed by atoms with Gasteiger partial charge in [0.2, 0.25) is 11.8 Å². The average molecular weight is 590 g/mol. The van der Waals surface area contributed by atoms with Crippen LogP contribution in [0, 0.1) is 11.8 Å². The predicted octanol–water partition coefficient (Wildman–Crippen LogP) is -2.21. The van der Waals surface area contributed by atoms with E-state index in [1.807, 2.05) is 0 Å². The first-order valence-electron chi connectivity index (χ1n) is 11.8. The third-order valence-electron chi connectivity index (χ3n) is 6.17. The van der Waals surface area contributed by atoms with E-state index < -0.39 is 94.8 Å². The number of phosphoric acid groups is 1. The quantitative estimate of drug-likeness (QED) is 0.187. The van der Waals surface area contributed by atoms with Crippen molar-refractivity contribution in [3.8, 4) is 0 Å². The van der Waals surface area contributed by atoms with Crippen molar-refractivity contribution < 1.29 is 66.5 Å². The second kappa shape index (κ2) is 13.6. The highest BCUT2D eigenvalue weighted by atomic mass is 31.2. The molecule has 2 amide bonds. The van der Waals surface area contributed by atoms with Crippen LogP contribution in [-0.4, -0.2) is 98.1 Å². The molecule has 0 aromatic heterocycles. The van der Waals surface area contributed by atoms with Gasteiger partial charge in [0.25, 0.3) is 7.82 Å². The molecule has 6 unspecified atom stereocenters. The summed E-state index contributed by atoms with van der Waals surface area (Å²) in [5.41, 5.74) is 0. The Morgan fingerprint density at radius 3 is 1.68 bits per heavy atom. The summed E-state index contributed by atoms with van der Waals surface area (Å²) < 4.78 is 55.3. The summed E-state index contributed by atoms with van der Waals surface area (Å²) in [5.74, 6) is -2.62. The molecule has 4 N–H and O–H groups in total. The molecule has 2 aliphatic rings. The fraction of sp³-hybridized carbons (Fsp3) is 0.900. The average Bonchev–Trinajstić information content (AvgIpc) is 2.77. The van der Waals surface area contributed by atoms with Crippen molar-refractivity contribution in [3.05, 3.63) is 0 Å². The molecule has 2 fully saturated rings. The molecule has 12 atom stereocenters. The molecular formula is C20H36N2O14P2-2. The summed E-state index contributed by atoms with van der Waals surface area (Å²) in [7, 11) is -8.24. The molecule has 18 heteroatoms. The molecule has 0 radical (unpaired) electrons. The highest BCUT2D eigenvalue weighted by Crippen LogP contribution is 2.45. The zero-order valence-electron chi connectivity index (χ0n) is 21.9. The number of carbonyl (C=O) groups excluding carboxylic acids is 2. The number of aliphatic hydroxyl groups excluding tert-OH is 2. The lowest BCUT2D eigenvalue weighted by Gasteiger charge is -2.46. The summed E-state index contributed by atoms with van der Waals surface area (Å²) in [5, 5.41) is 26.0. The number of aliphatic hydroxyl groups is 2. The first-order chi connectivity index (χ1) is 17.5. The van der Waals surface area contributed by atoms with Gasteiger partial charge >= 0.3 is 0 Å². The van der Waals surface area contributed by atoms with Crippen molar-refractivity contribution in [2.45, 2.75) is 76.8 Å². The first kappa shape index (κ1) is 33.2. The Balaban J connectivity index is 2.16. The maximum absolute atomic E-state index is 12.7. The Morgan fingerprint density at radius 1 is 0.868 bits per heavy atom. The van der Waals surface area contributed by atoms with Crippen LogP contribution >= 0.6 is 15.4 Å². The Hall–Kier alpha value is -1.00. The summed E-state index contributed by atoms with van der Waals surface area (Å²) in [6.45, 7) is 5.28. The molecule has 16 nitrogen and oxygen atoms in total. The smallest absolute Gasteiger partial charge is 0.270 e. The molecule has 38 heavy (non-hydrogen) atoms. The van der Waals surface area contributed by atoms with Gasteiger partial charge in [-0.3, -0.25) is 18.7 Å².